The Bertz CT molecular complexity index is 1520. The normalized spacial score (nSPS) is 13.9. The molecular formula is C22H15N3O3. The van der Waals surface area contributed by atoms with E-state index < -0.39 is 5.91 Å². The number of hydrogen-bond acceptors (Lipinski definition) is 3. The number of fused-ring (bicyclic) bond motifs is 10. The highest BCUT2D eigenvalue weighted by atomic mass is 16.3. The van der Waals surface area contributed by atoms with Crippen LogP contribution in [0.5, 0.6) is 0 Å². The van der Waals surface area contributed by atoms with Crippen molar-refractivity contribution in [3.63, 3.8) is 0 Å². The van der Waals surface area contributed by atoms with Crippen LogP contribution in [0, 0.1) is 0 Å². The number of carbonyl (C=O) groups excluding carboxylic acids is 2. The van der Waals surface area contributed by atoms with Gasteiger partial charge in [-0.15, -0.1) is 0 Å². The Morgan fingerprint density at radius 1 is 0.964 bits per heavy atom. The van der Waals surface area contributed by atoms with E-state index in [1.807, 2.05) is 54.2 Å². The summed E-state index contributed by atoms with van der Waals surface area (Å²) in [4.78, 5) is 29.1. The summed E-state index contributed by atoms with van der Waals surface area (Å²) >= 11 is 0. The SMILES string of the molecule is Cn1ccc2ccc3c4[nH]c5cccc(CO)c5c4c4c(c3c21)C(=O)NC4=O. The van der Waals surface area contributed by atoms with Gasteiger partial charge in [-0.1, -0.05) is 24.3 Å². The van der Waals surface area contributed by atoms with Crippen LogP contribution in [-0.2, 0) is 13.7 Å². The molecule has 0 bridgehead atoms. The van der Waals surface area contributed by atoms with Crippen LogP contribution >= 0.6 is 0 Å². The van der Waals surface area contributed by atoms with Gasteiger partial charge >= 0.3 is 0 Å². The van der Waals surface area contributed by atoms with Gasteiger partial charge in [0.15, 0.2) is 0 Å². The molecule has 3 aromatic carbocycles. The number of amides is 2. The molecule has 28 heavy (non-hydrogen) atoms. The second-order valence-corrected chi connectivity index (χ2v) is 7.26. The summed E-state index contributed by atoms with van der Waals surface area (Å²) < 4.78 is 1.97. The zero-order valence-electron chi connectivity index (χ0n) is 15.0. The van der Waals surface area contributed by atoms with Crippen LogP contribution in [0.1, 0.15) is 26.3 Å². The Labute approximate surface area is 158 Å². The van der Waals surface area contributed by atoms with E-state index in [1.54, 1.807) is 0 Å². The Kier molecular flexibility index (Phi) is 2.75. The average molecular weight is 369 g/mol. The van der Waals surface area contributed by atoms with Crippen molar-refractivity contribution in [3.8, 4) is 0 Å². The van der Waals surface area contributed by atoms with Gasteiger partial charge in [0.1, 0.15) is 0 Å². The summed E-state index contributed by atoms with van der Waals surface area (Å²) in [6.07, 6.45) is 1.95. The molecule has 0 saturated carbocycles. The van der Waals surface area contributed by atoms with Crippen molar-refractivity contribution >= 4 is 55.3 Å². The minimum atomic E-state index is -0.397. The summed E-state index contributed by atoms with van der Waals surface area (Å²) in [6, 6.07) is 11.6. The van der Waals surface area contributed by atoms with Crippen LogP contribution in [0.25, 0.3) is 43.5 Å². The van der Waals surface area contributed by atoms with Crippen molar-refractivity contribution in [3.05, 3.63) is 59.3 Å². The number of aliphatic hydroxyl groups is 1. The van der Waals surface area contributed by atoms with Gasteiger partial charge in [0.25, 0.3) is 11.8 Å². The van der Waals surface area contributed by atoms with E-state index in [0.29, 0.717) is 16.5 Å². The first-order valence-corrected chi connectivity index (χ1v) is 9.03. The van der Waals surface area contributed by atoms with Crippen LogP contribution in [0.15, 0.2) is 42.6 Å². The minimum Gasteiger partial charge on any atom is -0.392 e. The van der Waals surface area contributed by atoms with E-state index in [0.717, 1.165) is 43.7 Å². The molecule has 0 saturated heterocycles. The molecule has 5 aromatic rings. The zero-order chi connectivity index (χ0) is 19.2. The molecule has 2 amide bonds. The number of aromatic amines is 1. The van der Waals surface area contributed by atoms with Gasteiger partial charge in [-0.05, 0) is 17.7 Å². The first-order valence-electron chi connectivity index (χ1n) is 9.03. The Hall–Kier alpha value is -3.64. The Balaban J connectivity index is 2.02. The van der Waals surface area contributed by atoms with Crippen molar-refractivity contribution < 1.29 is 14.7 Å². The third kappa shape index (κ3) is 1.66. The van der Waals surface area contributed by atoms with Crippen LogP contribution in [0.2, 0.25) is 0 Å². The lowest BCUT2D eigenvalue weighted by atomic mass is 9.92. The number of carbonyl (C=O) groups is 2. The van der Waals surface area contributed by atoms with Gasteiger partial charge in [0, 0.05) is 45.7 Å². The number of aromatic nitrogens is 2. The first kappa shape index (κ1) is 15.4. The highest BCUT2D eigenvalue weighted by Crippen LogP contribution is 2.42. The van der Waals surface area contributed by atoms with Gasteiger partial charge in [0.05, 0.1) is 28.8 Å². The monoisotopic (exact) mass is 369 g/mol. The fourth-order valence-corrected chi connectivity index (χ4v) is 4.69. The highest BCUT2D eigenvalue weighted by Gasteiger charge is 2.34. The molecule has 6 rings (SSSR count). The van der Waals surface area contributed by atoms with Crippen molar-refractivity contribution in [2.24, 2.45) is 7.05 Å². The Morgan fingerprint density at radius 2 is 1.75 bits per heavy atom. The predicted octanol–water partition coefficient (Wildman–Crippen LogP) is 3.34. The highest BCUT2D eigenvalue weighted by molar-refractivity contribution is 6.39. The van der Waals surface area contributed by atoms with Crippen LogP contribution in [0.3, 0.4) is 0 Å². The summed E-state index contributed by atoms with van der Waals surface area (Å²) in [5.41, 5.74) is 4.06. The van der Waals surface area contributed by atoms with Gasteiger partial charge in [-0.25, -0.2) is 0 Å². The van der Waals surface area contributed by atoms with Crippen LogP contribution in [0.4, 0.5) is 0 Å². The molecule has 0 fully saturated rings. The summed E-state index contributed by atoms with van der Waals surface area (Å²) in [5, 5.41) is 16.5. The lowest BCUT2D eigenvalue weighted by molar-refractivity contribution is 0.0880. The van der Waals surface area contributed by atoms with Crippen LogP contribution < -0.4 is 5.32 Å². The number of hydrogen-bond donors (Lipinski definition) is 3. The quantitative estimate of drug-likeness (QED) is 0.396. The molecule has 6 nitrogen and oxygen atoms in total. The molecule has 0 radical (unpaired) electrons. The molecule has 6 heteroatoms. The van der Waals surface area contributed by atoms with Gasteiger partial charge < -0.3 is 14.7 Å². The van der Waals surface area contributed by atoms with Crippen molar-refractivity contribution in [1.82, 2.24) is 14.9 Å². The number of nitrogens with zero attached hydrogens (tertiary/aromatic N) is 1. The zero-order valence-corrected chi connectivity index (χ0v) is 15.0. The molecule has 3 N–H and O–H groups in total. The maximum atomic E-state index is 12.8. The predicted molar refractivity (Wildman–Crippen MR) is 108 cm³/mol. The molecule has 2 aromatic heterocycles. The number of imide groups is 1. The smallest absolute Gasteiger partial charge is 0.259 e. The van der Waals surface area contributed by atoms with E-state index in [-0.39, 0.29) is 12.5 Å². The van der Waals surface area contributed by atoms with Crippen LogP contribution in [-0.4, -0.2) is 26.5 Å². The van der Waals surface area contributed by atoms with Gasteiger partial charge in [-0.2, -0.15) is 0 Å². The molecule has 136 valence electrons. The van der Waals surface area contributed by atoms with E-state index in [4.69, 9.17) is 0 Å². The maximum Gasteiger partial charge on any atom is 0.259 e. The molecule has 3 heterocycles. The minimum absolute atomic E-state index is 0.149. The summed E-state index contributed by atoms with van der Waals surface area (Å²) in [7, 11) is 1.93. The molecule has 0 spiro atoms. The second kappa shape index (κ2) is 4.99. The lowest BCUT2D eigenvalue weighted by Crippen LogP contribution is -2.20. The number of nitrogens with one attached hydrogen (secondary N) is 2. The van der Waals surface area contributed by atoms with Crippen molar-refractivity contribution in [2.45, 2.75) is 6.61 Å². The van der Waals surface area contributed by atoms with Gasteiger partial charge in [0.2, 0.25) is 0 Å². The molecule has 1 aliphatic rings. The maximum absolute atomic E-state index is 12.8. The van der Waals surface area contributed by atoms with E-state index in [1.165, 1.54) is 0 Å². The standard InChI is InChI=1S/C22H15N3O3/c1-25-8-7-10-5-6-12-15(20(10)25)17-18(22(28)24-21(17)27)16-14-11(9-26)3-2-4-13(14)23-19(12)16/h2-8,23,26H,9H2,1H3,(H,24,27,28). The number of H-pyrrole nitrogens is 1. The third-order valence-electron chi connectivity index (χ3n) is 5.82. The summed E-state index contributed by atoms with van der Waals surface area (Å²) in [5.74, 6) is -0.775. The molecule has 1 aliphatic heterocycles. The topological polar surface area (TPSA) is 87.1 Å². The first-order chi connectivity index (χ1) is 13.6. The fraction of sp³-hybridized carbons (Fsp3) is 0.0909. The van der Waals surface area contributed by atoms with E-state index >= 15 is 0 Å². The van der Waals surface area contributed by atoms with Crippen molar-refractivity contribution in [2.75, 3.05) is 0 Å². The number of rotatable bonds is 1. The number of aryl methyl sites for hydroxylation is 1. The number of benzene rings is 3. The molecule has 0 aliphatic carbocycles. The fourth-order valence-electron chi connectivity index (χ4n) is 4.69. The second-order valence-electron chi connectivity index (χ2n) is 7.26. The average Bonchev–Trinajstić information content (AvgIpc) is 3.35. The summed E-state index contributed by atoms with van der Waals surface area (Å²) in [6.45, 7) is -0.149. The largest absolute Gasteiger partial charge is 0.392 e. The molecular weight excluding hydrogens is 354 g/mol. The third-order valence-corrected chi connectivity index (χ3v) is 5.82. The molecule has 0 atom stereocenters. The van der Waals surface area contributed by atoms with Gasteiger partial charge in [-0.3, -0.25) is 14.9 Å². The van der Waals surface area contributed by atoms with Crippen molar-refractivity contribution in [1.29, 1.82) is 0 Å². The number of aliphatic hydroxyl groups excluding tert-OH is 1. The van der Waals surface area contributed by atoms with E-state index in [2.05, 4.69) is 10.3 Å². The molecule has 0 unspecified atom stereocenters. The van der Waals surface area contributed by atoms with E-state index in [9.17, 15) is 14.7 Å². The lowest BCUT2D eigenvalue weighted by Gasteiger charge is -2.10. The Morgan fingerprint density at radius 3 is 2.54 bits per heavy atom.